The molecular weight excluding hydrogens is 264 g/mol. The van der Waals surface area contributed by atoms with Gasteiger partial charge in [-0.05, 0) is 19.1 Å². The Hall–Kier alpha value is -2.61. The number of amides is 1. The molecule has 0 atom stereocenters. The van der Waals surface area contributed by atoms with Crippen molar-refractivity contribution in [2.45, 2.75) is 19.9 Å². The van der Waals surface area contributed by atoms with Crippen molar-refractivity contribution in [3.05, 3.63) is 35.5 Å². The van der Waals surface area contributed by atoms with Gasteiger partial charge in [0.25, 0.3) is 0 Å². The third kappa shape index (κ3) is 2.40. The van der Waals surface area contributed by atoms with Gasteiger partial charge in [0.1, 0.15) is 6.07 Å². The number of nitrogens with zero attached hydrogens (tertiary/aromatic N) is 3. The second-order valence-corrected chi connectivity index (χ2v) is 5.44. The number of nitriles is 1. The maximum Gasteiger partial charge on any atom is 0.219 e. The van der Waals surface area contributed by atoms with E-state index in [4.69, 9.17) is 0 Å². The maximum atomic E-state index is 11.2. The van der Waals surface area contributed by atoms with Crippen LogP contribution in [-0.4, -0.2) is 34.9 Å². The quantitative estimate of drug-likeness (QED) is 0.914. The minimum Gasteiger partial charge on any atom is -0.377 e. The van der Waals surface area contributed by atoms with Crippen LogP contribution < -0.4 is 5.32 Å². The monoisotopic (exact) mass is 280 g/mol. The number of aryl methyl sites for hydroxylation is 1. The first-order chi connectivity index (χ1) is 10.1. The van der Waals surface area contributed by atoms with Gasteiger partial charge in [-0.2, -0.15) is 5.26 Å². The second-order valence-electron chi connectivity index (χ2n) is 5.44. The van der Waals surface area contributed by atoms with Crippen LogP contribution in [0, 0.1) is 18.3 Å². The summed E-state index contributed by atoms with van der Waals surface area (Å²) in [7, 11) is 0. The van der Waals surface area contributed by atoms with Crippen molar-refractivity contribution in [2.24, 2.45) is 0 Å². The van der Waals surface area contributed by atoms with Crippen LogP contribution in [0.4, 0.5) is 5.69 Å². The SMILES string of the molecule is CC(=O)N1CC(Nc2c(C#N)cnc3ccc(C)cc23)C1. The van der Waals surface area contributed by atoms with E-state index in [0.29, 0.717) is 18.7 Å². The van der Waals surface area contributed by atoms with Gasteiger partial charge in [0.2, 0.25) is 5.91 Å². The lowest BCUT2D eigenvalue weighted by atomic mass is 10.0. The topological polar surface area (TPSA) is 69.0 Å². The highest BCUT2D eigenvalue weighted by atomic mass is 16.2. The second kappa shape index (κ2) is 5.06. The van der Waals surface area contributed by atoms with E-state index >= 15 is 0 Å². The van der Waals surface area contributed by atoms with E-state index in [-0.39, 0.29) is 11.9 Å². The number of fused-ring (bicyclic) bond motifs is 1. The lowest BCUT2D eigenvalue weighted by Crippen LogP contribution is -2.56. The fourth-order valence-corrected chi connectivity index (χ4v) is 2.58. The Morgan fingerprint density at radius 3 is 2.90 bits per heavy atom. The molecule has 5 nitrogen and oxygen atoms in total. The fourth-order valence-electron chi connectivity index (χ4n) is 2.58. The average Bonchev–Trinajstić information content (AvgIpc) is 2.41. The van der Waals surface area contributed by atoms with E-state index in [1.165, 1.54) is 0 Å². The molecule has 1 amide bonds. The highest BCUT2D eigenvalue weighted by Gasteiger charge is 2.29. The summed E-state index contributed by atoms with van der Waals surface area (Å²) in [5.74, 6) is 0.0870. The van der Waals surface area contributed by atoms with Gasteiger partial charge in [-0.3, -0.25) is 9.78 Å². The van der Waals surface area contributed by atoms with Crippen molar-refractivity contribution in [1.29, 1.82) is 5.26 Å². The summed E-state index contributed by atoms with van der Waals surface area (Å²) in [4.78, 5) is 17.3. The summed E-state index contributed by atoms with van der Waals surface area (Å²) in [6.07, 6.45) is 1.60. The van der Waals surface area contributed by atoms with Crippen molar-refractivity contribution in [3.8, 4) is 6.07 Å². The van der Waals surface area contributed by atoms with E-state index in [9.17, 15) is 10.1 Å². The van der Waals surface area contributed by atoms with Crippen LogP contribution in [0.3, 0.4) is 0 Å². The van der Waals surface area contributed by atoms with Gasteiger partial charge in [0, 0.05) is 31.6 Å². The molecule has 106 valence electrons. The number of likely N-dealkylation sites (tertiary alicyclic amines) is 1. The Bertz CT molecular complexity index is 757. The number of rotatable bonds is 2. The third-order valence-corrected chi connectivity index (χ3v) is 3.82. The van der Waals surface area contributed by atoms with Gasteiger partial charge in [-0.25, -0.2) is 0 Å². The molecule has 1 saturated heterocycles. The molecule has 0 radical (unpaired) electrons. The van der Waals surface area contributed by atoms with Gasteiger partial charge < -0.3 is 10.2 Å². The minimum atomic E-state index is 0.0870. The van der Waals surface area contributed by atoms with Gasteiger partial charge in [0.05, 0.1) is 22.8 Å². The molecule has 3 rings (SSSR count). The van der Waals surface area contributed by atoms with Crippen LogP contribution in [0.1, 0.15) is 18.1 Å². The Balaban J connectivity index is 1.95. The van der Waals surface area contributed by atoms with Crippen LogP contribution in [0.15, 0.2) is 24.4 Å². The molecule has 1 aromatic heterocycles. The van der Waals surface area contributed by atoms with Crippen LogP contribution in [-0.2, 0) is 4.79 Å². The Labute approximate surface area is 123 Å². The number of aromatic nitrogens is 1. The number of hydrogen-bond donors (Lipinski definition) is 1. The summed E-state index contributed by atoms with van der Waals surface area (Å²) < 4.78 is 0. The molecule has 0 spiro atoms. The number of nitrogens with one attached hydrogen (secondary N) is 1. The Morgan fingerprint density at radius 2 is 2.24 bits per heavy atom. The first-order valence-corrected chi connectivity index (χ1v) is 6.90. The van der Waals surface area contributed by atoms with E-state index in [1.807, 2.05) is 25.1 Å². The van der Waals surface area contributed by atoms with Crippen molar-refractivity contribution < 1.29 is 4.79 Å². The van der Waals surface area contributed by atoms with Gasteiger partial charge in [-0.1, -0.05) is 11.6 Å². The Kier molecular flexibility index (Phi) is 3.22. The smallest absolute Gasteiger partial charge is 0.219 e. The molecule has 0 unspecified atom stereocenters. The predicted octanol–water partition coefficient (Wildman–Crippen LogP) is 2.06. The molecule has 1 aliphatic rings. The molecule has 1 aliphatic heterocycles. The molecule has 5 heteroatoms. The number of benzene rings is 1. The van der Waals surface area contributed by atoms with Crippen molar-refractivity contribution in [3.63, 3.8) is 0 Å². The van der Waals surface area contributed by atoms with Gasteiger partial charge >= 0.3 is 0 Å². The number of anilines is 1. The molecule has 21 heavy (non-hydrogen) atoms. The summed E-state index contributed by atoms with van der Waals surface area (Å²) >= 11 is 0. The summed E-state index contributed by atoms with van der Waals surface area (Å²) in [5, 5.41) is 13.6. The van der Waals surface area contributed by atoms with Gasteiger partial charge in [-0.15, -0.1) is 0 Å². The molecule has 1 fully saturated rings. The first kappa shape index (κ1) is 13.4. The summed E-state index contributed by atoms with van der Waals surface area (Å²) in [5.41, 5.74) is 3.35. The highest BCUT2D eigenvalue weighted by Crippen LogP contribution is 2.28. The van der Waals surface area contributed by atoms with E-state index < -0.39 is 0 Å². The minimum absolute atomic E-state index is 0.0870. The van der Waals surface area contributed by atoms with Gasteiger partial charge in [0.15, 0.2) is 0 Å². The molecular formula is C16H16N4O. The molecule has 1 N–H and O–H groups in total. The van der Waals surface area contributed by atoms with E-state index in [2.05, 4.69) is 16.4 Å². The average molecular weight is 280 g/mol. The molecule has 2 aromatic rings. The van der Waals surface area contributed by atoms with Crippen molar-refractivity contribution in [1.82, 2.24) is 9.88 Å². The number of carbonyl (C=O) groups is 1. The lowest BCUT2D eigenvalue weighted by molar-refractivity contribution is -0.132. The number of carbonyl (C=O) groups excluding carboxylic acids is 1. The van der Waals surface area contributed by atoms with Crippen LogP contribution >= 0.6 is 0 Å². The van der Waals surface area contributed by atoms with E-state index in [0.717, 1.165) is 22.2 Å². The normalized spacial score (nSPS) is 14.6. The molecule has 1 aromatic carbocycles. The maximum absolute atomic E-state index is 11.2. The molecule has 2 heterocycles. The predicted molar refractivity (Wildman–Crippen MR) is 80.9 cm³/mol. The van der Waals surface area contributed by atoms with Crippen molar-refractivity contribution >= 4 is 22.5 Å². The molecule has 0 saturated carbocycles. The standard InChI is InChI=1S/C16H16N4O/c1-10-3-4-15-14(5-10)16(12(6-17)7-18-15)19-13-8-20(9-13)11(2)21/h3-5,7,13H,8-9H2,1-2H3,(H,18,19). The zero-order chi connectivity index (χ0) is 15.0. The van der Waals surface area contributed by atoms with Crippen LogP contribution in [0.2, 0.25) is 0 Å². The number of hydrogen-bond acceptors (Lipinski definition) is 4. The largest absolute Gasteiger partial charge is 0.377 e. The van der Waals surface area contributed by atoms with E-state index in [1.54, 1.807) is 18.0 Å². The first-order valence-electron chi connectivity index (χ1n) is 6.90. The summed E-state index contributed by atoms with van der Waals surface area (Å²) in [6, 6.07) is 8.37. The van der Waals surface area contributed by atoms with Crippen LogP contribution in [0.25, 0.3) is 10.9 Å². The highest BCUT2D eigenvalue weighted by molar-refractivity contribution is 5.94. The number of pyridine rings is 1. The zero-order valence-electron chi connectivity index (χ0n) is 12.1. The lowest BCUT2D eigenvalue weighted by Gasteiger charge is -2.39. The third-order valence-electron chi connectivity index (χ3n) is 3.82. The Morgan fingerprint density at radius 1 is 1.48 bits per heavy atom. The zero-order valence-corrected chi connectivity index (χ0v) is 12.1. The van der Waals surface area contributed by atoms with Crippen molar-refractivity contribution in [2.75, 3.05) is 18.4 Å². The molecule has 0 bridgehead atoms. The molecule has 0 aliphatic carbocycles. The van der Waals surface area contributed by atoms with Crippen LogP contribution in [0.5, 0.6) is 0 Å². The summed E-state index contributed by atoms with van der Waals surface area (Å²) in [6.45, 7) is 4.94. The fraction of sp³-hybridized carbons (Fsp3) is 0.312.